The monoisotopic (exact) mass is 187 g/mol. The largest absolute Gasteiger partial charge is 0.439 e. The molecule has 1 unspecified atom stereocenters. The first-order chi connectivity index (χ1) is 6.02. The standard InChI is InChI=1S/C9H17NO3/c1-5-10(6-2)9(7(3)11)13-8(4)12/h9H,5-6H2,1-4H3. The predicted octanol–water partition coefficient (Wildman–Crippen LogP) is 0.806. The van der Waals surface area contributed by atoms with Crippen LogP contribution in [0.1, 0.15) is 27.7 Å². The molecular formula is C9H17NO3. The number of carbonyl (C=O) groups excluding carboxylic acids is 2. The Bertz CT molecular complexity index is 187. The van der Waals surface area contributed by atoms with E-state index in [1.165, 1.54) is 13.8 Å². The van der Waals surface area contributed by atoms with E-state index in [1.807, 2.05) is 13.8 Å². The summed E-state index contributed by atoms with van der Waals surface area (Å²) in [6.07, 6.45) is -0.715. The maximum Gasteiger partial charge on any atom is 0.304 e. The molecule has 4 nitrogen and oxygen atoms in total. The SMILES string of the molecule is CCN(CC)C(OC(C)=O)C(C)=O. The van der Waals surface area contributed by atoms with Crippen molar-refractivity contribution in [3.8, 4) is 0 Å². The zero-order valence-electron chi connectivity index (χ0n) is 8.66. The highest BCUT2D eigenvalue weighted by Gasteiger charge is 2.22. The maximum atomic E-state index is 11.1. The highest BCUT2D eigenvalue weighted by atomic mass is 16.6. The van der Waals surface area contributed by atoms with Crippen molar-refractivity contribution in [1.82, 2.24) is 4.90 Å². The summed E-state index contributed by atoms with van der Waals surface area (Å²) in [7, 11) is 0. The van der Waals surface area contributed by atoms with Gasteiger partial charge in [0.1, 0.15) is 0 Å². The minimum absolute atomic E-state index is 0.140. The molecule has 0 aromatic carbocycles. The van der Waals surface area contributed by atoms with Gasteiger partial charge >= 0.3 is 5.97 Å². The number of esters is 1. The third-order valence-electron chi connectivity index (χ3n) is 1.77. The second kappa shape index (κ2) is 5.70. The number of hydrogen-bond donors (Lipinski definition) is 0. The Morgan fingerprint density at radius 2 is 1.69 bits per heavy atom. The van der Waals surface area contributed by atoms with Gasteiger partial charge in [-0.25, -0.2) is 0 Å². The Hall–Kier alpha value is -0.900. The molecule has 0 aliphatic heterocycles. The molecule has 0 spiro atoms. The number of ether oxygens (including phenoxy) is 1. The van der Waals surface area contributed by atoms with Gasteiger partial charge in [-0.1, -0.05) is 13.8 Å². The average molecular weight is 187 g/mol. The fraction of sp³-hybridized carbons (Fsp3) is 0.778. The number of Topliss-reactive ketones (excluding diaryl/α,β-unsaturated/α-hetero) is 1. The summed E-state index contributed by atoms with van der Waals surface area (Å²) in [6, 6.07) is 0. The van der Waals surface area contributed by atoms with E-state index in [4.69, 9.17) is 4.74 Å². The highest BCUT2D eigenvalue weighted by molar-refractivity contribution is 5.82. The van der Waals surface area contributed by atoms with Crippen molar-refractivity contribution in [2.75, 3.05) is 13.1 Å². The van der Waals surface area contributed by atoms with Crippen LogP contribution in [0.25, 0.3) is 0 Å². The molecule has 0 amide bonds. The first-order valence-electron chi connectivity index (χ1n) is 4.44. The number of hydrogen-bond acceptors (Lipinski definition) is 4. The number of ketones is 1. The Morgan fingerprint density at radius 3 is 1.92 bits per heavy atom. The van der Waals surface area contributed by atoms with Crippen molar-refractivity contribution in [1.29, 1.82) is 0 Å². The van der Waals surface area contributed by atoms with Crippen LogP contribution in [0.2, 0.25) is 0 Å². The van der Waals surface area contributed by atoms with Crippen LogP contribution in [-0.2, 0) is 14.3 Å². The Kier molecular flexibility index (Phi) is 5.30. The van der Waals surface area contributed by atoms with Crippen LogP contribution in [0.3, 0.4) is 0 Å². The molecule has 0 aliphatic carbocycles. The first-order valence-corrected chi connectivity index (χ1v) is 4.44. The zero-order valence-corrected chi connectivity index (χ0v) is 8.66. The summed E-state index contributed by atoms with van der Waals surface area (Å²) < 4.78 is 4.89. The summed E-state index contributed by atoms with van der Waals surface area (Å²) in [6.45, 7) is 7.94. The second-order valence-electron chi connectivity index (χ2n) is 2.79. The van der Waals surface area contributed by atoms with E-state index < -0.39 is 12.2 Å². The Balaban J connectivity index is 4.38. The fourth-order valence-corrected chi connectivity index (χ4v) is 1.13. The molecule has 0 saturated carbocycles. The van der Waals surface area contributed by atoms with Gasteiger partial charge in [0, 0.05) is 6.92 Å². The molecule has 76 valence electrons. The van der Waals surface area contributed by atoms with Gasteiger partial charge in [-0.2, -0.15) is 0 Å². The van der Waals surface area contributed by atoms with Crippen molar-refractivity contribution in [2.24, 2.45) is 0 Å². The zero-order chi connectivity index (χ0) is 10.4. The molecule has 0 aromatic heterocycles. The summed E-state index contributed by atoms with van der Waals surface area (Å²) in [4.78, 5) is 23.6. The van der Waals surface area contributed by atoms with Gasteiger partial charge in [0.15, 0.2) is 5.78 Å². The molecule has 0 aliphatic rings. The van der Waals surface area contributed by atoms with Crippen LogP contribution >= 0.6 is 0 Å². The Morgan fingerprint density at radius 1 is 1.23 bits per heavy atom. The van der Waals surface area contributed by atoms with Crippen LogP contribution in [0.5, 0.6) is 0 Å². The molecular weight excluding hydrogens is 170 g/mol. The Labute approximate surface area is 78.9 Å². The van der Waals surface area contributed by atoms with Gasteiger partial charge in [0.25, 0.3) is 0 Å². The van der Waals surface area contributed by atoms with E-state index in [1.54, 1.807) is 4.90 Å². The van der Waals surface area contributed by atoms with Gasteiger partial charge < -0.3 is 4.74 Å². The van der Waals surface area contributed by atoms with E-state index in [0.29, 0.717) is 13.1 Å². The molecule has 0 heterocycles. The third-order valence-corrected chi connectivity index (χ3v) is 1.77. The lowest BCUT2D eigenvalue weighted by molar-refractivity contribution is -0.163. The fourth-order valence-electron chi connectivity index (χ4n) is 1.13. The van der Waals surface area contributed by atoms with Crippen molar-refractivity contribution in [3.63, 3.8) is 0 Å². The molecule has 0 bridgehead atoms. The van der Waals surface area contributed by atoms with Crippen LogP contribution in [-0.4, -0.2) is 36.0 Å². The summed E-state index contributed by atoms with van der Waals surface area (Å²) in [5.41, 5.74) is 0. The van der Waals surface area contributed by atoms with Gasteiger partial charge in [-0.05, 0) is 20.0 Å². The van der Waals surface area contributed by atoms with Crippen LogP contribution in [0.15, 0.2) is 0 Å². The lowest BCUT2D eigenvalue weighted by Crippen LogP contribution is -2.42. The molecule has 4 heteroatoms. The third kappa shape index (κ3) is 4.03. The van der Waals surface area contributed by atoms with Gasteiger partial charge in [0.05, 0.1) is 0 Å². The van der Waals surface area contributed by atoms with Crippen molar-refractivity contribution in [2.45, 2.75) is 33.9 Å². The minimum atomic E-state index is -0.715. The molecule has 0 saturated heterocycles. The van der Waals surface area contributed by atoms with Crippen LogP contribution in [0.4, 0.5) is 0 Å². The number of likely N-dealkylation sites (N-methyl/N-ethyl adjacent to an activating group) is 1. The normalized spacial score (nSPS) is 12.7. The molecule has 0 radical (unpaired) electrons. The maximum absolute atomic E-state index is 11.1. The minimum Gasteiger partial charge on any atom is -0.439 e. The van der Waals surface area contributed by atoms with Gasteiger partial charge in [-0.3, -0.25) is 14.5 Å². The van der Waals surface area contributed by atoms with Crippen LogP contribution in [0, 0.1) is 0 Å². The summed E-state index contributed by atoms with van der Waals surface area (Å²) in [5.74, 6) is -0.564. The molecule has 0 N–H and O–H groups in total. The molecule has 0 aromatic rings. The summed E-state index contributed by atoms with van der Waals surface area (Å²) >= 11 is 0. The molecule has 0 rings (SSSR count). The number of rotatable bonds is 5. The van der Waals surface area contributed by atoms with Crippen molar-refractivity contribution >= 4 is 11.8 Å². The van der Waals surface area contributed by atoms with Gasteiger partial charge in [0.2, 0.25) is 6.23 Å². The lowest BCUT2D eigenvalue weighted by Gasteiger charge is -2.26. The molecule has 1 atom stereocenters. The average Bonchev–Trinajstić information content (AvgIpc) is 2.04. The topological polar surface area (TPSA) is 46.6 Å². The van der Waals surface area contributed by atoms with E-state index in [2.05, 4.69) is 0 Å². The van der Waals surface area contributed by atoms with E-state index in [9.17, 15) is 9.59 Å². The van der Waals surface area contributed by atoms with E-state index in [0.717, 1.165) is 0 Å². The van der Waals surface area contributed by atoms with Gasteiger partial charge in [-0.15, -0.1) is 0 Å². The highest BCUT2D eigenvalue weighted by Crippen LogP contribution is 2.02. The quantitative estimate of drug-likeness (QED) is 0.472. The molecule has 0 fully saturated rings. The second-order valence-corrected chi connectivity index (χ2v) is 2.79. The molecule has 13 heavy (non-hydrogen) atoms. The smallest absolute Gasteiger partial charge is 0.304 e. The van der Waals surface area contributed by atoms with E-state index >= 15 is 0 Å². The summed E-state index contributed by atoms with van der Waals surface area (Å²) in [5, 5.41) is 0. The van der Waals surface area contributed by atoms with Crippen molar-refractivity contribution < 1.29 is 14.3 Å². The van der Waals surface area contributed by atoms with Crippen molar-refractivity contribution in [3.05, 3.63) is 0 Å². The number of nitrogens with zero attached hydrogens (tertiary/aromatic N) is 1. The van der Waals surface area contributed by atoms with Crippen LogP contribution < -0.4 is 0 Å². The first kappa shape index (κ1) is 12.1. The predicted molar refractivity (Wildman–Crippen MR) is 49.2 cm³/mol. The lowest BCUT2D eigenvalue weighted by atomic mass is 10.3. The number of carbonyl (C=O) groups is 2. The van der Waals surface area contributed by atoms with E-state index in [-0.39, 0.29) is 5.78 Å².